The first-order valence-electron chi connectivity index (χ1n) is 17.4. The predicted octanol–water partition coefficient (Wildman–Crippen LogP) is 10.3. The molecule has 0 spiro atoms. The molecule has 5 heterocycles. The Morgan fingerprint density at radius 1 is 0.796 bits per heavy atom. The fourth-order valence-corrected chi connectivity index (χ4v) is 12.1. The summed E-state index contributed by atoms with van der Waals surface area (Å²) in [6.45, 7) is 8.74. The normalized spacial score (nSPS) is 15.9. The molecule has 0 unspecified atom stereocenters. The number of hydrogen-bond acceptors (Lipinski definition) is 9. The number of benzene rings is 5. The second-order valence-electron chi connectivity index (χ2n) is 15.0. The molecule has 11 heteroatoms. The minimum Gasteiger partial charge on any atom is -0.456 e. The summed E-state index contributed by atoms with van der Waals surface area (Å²) in [6.07, 6.45) is 0. The summed E-state index contributed by atoms with van der Waals surface area (Å²) in [5.74, 6) is 1.09. The van der Waals surface area contributed by atoms with Gasteiger partial charge in [-0.25, -0.2) is 0 Å². The molecule has 0 bridgehead atoms. The van der Waals surface area contributed by atoms with Gasteiger partial charge >= 0.3 is 0 Å². The quantitative estimate of drug-likeness (QED) is 0.109. The van der Waals surface area contributed by atoms with Crippen LogP contribution < -0.4 is 20.2 Å². The van der Waals surface area contributed by atoms with Gasteiger partial charge in [0.05, 0.1) is 27.3 Å². The maximum atomic E-state index is 13.2. The van der Waals surface area contributed by atoms with E-state index < -0.39 is 15.7 Å². The van der Waals surface area contributed by atoms with Gasteiger partial charge in [-0.3, -0.25) is 9.55 Å². The van der Waals surface area contributed by atoms with Crippen molar-refractivity contribution in [1.29, 1.82) is 0 Å². The summed E-state index contributed by atoms with van der Waals surface area (Å²) in [5, 5.41) is 6.25. The minimum absolute atomic E-state index is 0.246. The van der Waals surface area contributed by atoms with Gasteiger partial charge in [0.25, 0.3) is 10.1 Å². The maximum absolute atomic E-state index is 13.2. The molecule has 3 aliphatic heterocycles. The lowest BCUT2D eigenvalue weighted by atomic mass is 9.82. The van der Waals surface area contributed by atoms with E-state index in [9.17, 15) is 13.0 Å². The van der Waals surface area contributed by atoms with E-state index in [-0.39, 0.29) is 16.0 Å². The van der Waals surface area contributed by atoms with Gasteiger partial charge in [-0.05, 0) is 93.1 Å². The van der Waals surface area contributed by atoms with Gasteiger partial charge in [0.15, 0.2) is 0 Å². The van der Waals surface area contributed by atoms with E-state index in [1.807, 2.05) is 12.1 Å². The zero-order valence-electron chi connectivity index (χ0n) is 29.8. The second-order valence-corrected chi connectivity index (χ2v) is 18.6. The number of anilines is 1. The highest BCUT2D eigenvalue weighted by Crippen LogP contribution is 2.56. The Morgan fingerprint density at radius 2 is 1.46 bits per heavy atom. The van der Waals surface area contributed by atoms with Gasteiger partial charge < -0.3 is 9.64 Å². The van der Waals surface area contributed by atoms with Crippen molar-refractivity contribution >= 4 is 87.3 Å². The summed E-state index contributed by atoms with van der Waals surface area (Å²) in [4.78, 5) is 13.8. The van der Waals surface area contributed by atoms with E-state index in [2.05, 4.69) is 110 Å². The van der Waals surface area contributed by atoms with E-state index in [4.69, 9.17) is 21.9 Å². The lowest BCUT2D eigenvalue weighted by molar-refractivity contribution is 0.467. The molecule has 5 aromatic carbocycles. The van der Waals surface area contributed by atoms with Crippen molar-refractivity contribution in [2.75, 3.05) is 11.9 Å². The zero-order chi connectivity index (χ0) is 37.5. The molecule has 0 aliphatic carbocycles. The summed E-state index contributed by atoms with van der Waals surface area (Å²) in [5.41, 5.74) is 6.45. The highest BCUT2D eigenvalue weighted by molar-refractivity contribution is 7.86. The lowest BCUT2D eigenvalue weighted by Gasteiger charge is -2.43. The van der Waals surface area contributed by atoms with Crippen molar-refractivity contribution in [2.45, 2.75) is 43.7 Å². The van der Waals surface area contributed by atoms with E-state index >= 15 is 0 Å². The first kappa shape index (κ1) is 33.6. The Balaban J connectivity index is 1.36. The van der Waals surface area contributed by atoms with Crippen molar-refractivity contribution in [3.63, 3.8) is 0 Å². The smallest absolute Gasteiger partial charge is 0.295 e. The van der Waals surface area contributed by atoms with Crippen LogP contribution in [0, 0.1) is 0 Å². The number of hydrogen-bond donors (Lipinski definition) is 1. The number of ether oxygens (including phenoxy) is 1. The van der Waals surface area contributed by atoms with Gasteiger partial charge in [0.1, 0.15) is 16.4 Å². The third kappa shape index (κ3) is 4.67. The van der Waals surface area contributed by atoms with E-state index in [0.29, 0.717) is 33.5 Å². The summed E-state index contributed by atoms with van der Waals surface area (Å²) < 4.78 is 46.3. The van der Waals surface area contributed by atoms with Gasteiger partial charge in [0, 0.05) is 88.2 Å². The van der Waals surface area contributed by atoms with Crippen molar-refractivity contribution < 1.29 is 17.7 Å². The largest absolute Gasteiger partial charge is 0.456 e. The molecule has 0 saturated carbocycles. The van der Waals surface area contributed by atoms with Crippen LogP contribution in [-0.4, -0.2) is 25.2 Å². The number of nitrogens with zero attached hydrogens (tertiary/aromatic N) is 3. The number of fused-ring (bicyclic) bond motifs is 12. The second kappa shape index (κ2) is 11.3. The Bertz CT molecular complexity index is 3150. The van der Waals surface area contributed by atoms with Crippen LogP contribution in [0.1, 0.15) is 49.9 Å². The lowest BCUT2D eigenvalue weighted by Crippen LogP contribution is -2.41. The average Bonchev–Trinajstić information content (AvgIpc) is 3.72. The molecule has 1 N–H and O–H groups in total. The molecule has 266 valence electrons. The number of rotatable bonds is 3. The summed E-state index contributed by atoms with van der Waals surface area (Å²) in [6, 6.07) is 29.6. The fourth-order valence-electron chi connectivity index (χ4n) is 8.56. The van der Waals surface area contributed by atoms with Crippen LogP contribution in [0.4, 0.5) is 11.4 Å². The Hall–Kier alpha value is -5.00. The third-order valence-corrected chi connectivity index (χ3v) is 14.6. The molecule has 7 nitrogen and oxygen atoms in total. The topological polar surface area (TPSA) is 91.6 Å². The van der Waals surface area contributed by atoms with Crippen LogP contribution in [0.2, 0.25) is 0 Å². The number of isothiocyanates is 1. The van der Waals surface area contributed by atoms with Crippen molar-refractivity contribution in [3.8, 4) is 32.4 Å². The Labute approximate surface area is 325 Å². The fraction of sp³-hybridized carbons (Fsp3) is 0.163. The third-order valence-electron chi connectivity index (χ3n) is 11.1. The number of aliphatic imine (C=N–C) groups is 1. The van der Waals surface area contributed by atoms with Crippen molar-refractivity contribution in [3.05, 3.63) is 124 Å². The standard InChI is InChI=1S/C43H31N3O4S4/c1-42(2)38-23-10-6-8-12-34(23)52-40(38)25-17-27-32(19-30(25)45-42)50-33-20-31-26(41-39(43(3,4)46(31)5)24-11-7-9-13-35(24)53-41)18-28(33)37(27)29-16-22(44-21-51)14-15-36(29)54(47,48)49/h6-20H,1-5H3,(H,47,48,49). The van der Waals surface area contributed by atoms with Gasteiger partial charge in [-0.2, -0.15) is 13.4 Å². The molecule has 3 aliphatic rings. The summed E-state index contributed by atoms with van der Waals surface area (Å²) >= 11 is 8.43. The molecule has 0 saturated heterocycles. The Morgan fingerprint density at radius 3 is 2.15 bits per heavy atom. The van der Waals surface area contributed by atoms with Gasteiger partial charge in [0.2, 0.25) is 0 Å². The molecule has 10 rings (SSSR count). The first-order valence-corrected chi connectivity index (χ1v) is 20.9. The number of thiocarbonyl (C=S) groups is 1. The highest BCUT2D eigenvalue weighted by Gasteiger charge is 2.40. The van der Waals surface area contributed by atoms with Crippen LogP contribution in [0.15, 0.2) is 106 Å². The van der Waals surface area contributed by atoms with Crippen LogP contribution >= 0.6 is 34.9 Å². The highest BCUT2D eigenvalue weighted by atomic mass is 32.2. The molecule has 2 aromatic heterocycles. The van der Waals surface area contributed by atoms with Crippen LogP contribution in [0.3, 0.4) is 0 Å². The van der Waals surface area contributed by atoms with Gasteiger partial charge in [-0.1, -0.05) is 36.4 Å². The molecular weight excluding hydrogens is 751 g/mol. The molecule has 54 heavy (non-hydrogen) atoms. The van der Waals surface area contributed by atoms with Crippen molar-refractivity contribution in [1.82, 2.24) is 0 Å². The van der Waals surface area contributed by atoms with Crippen molar-refractivity contribution in [2.24, 2.45) is 9.98 Å². The molecule has 7 aromatic rings. The predicted molar refractivity (Wildman–Crippen MR) is 222 cm³/mol. The maximum Gasteiger partial charge on any atom is 0.295 e. The molecular formula is C43H31N3O4S4. The van der Waals surface area contributed by atoms with Crippen LogP contribution in [0.25, 0.3) is 46.6 Å². The molecule has 0 radical (unpaired) electrons. The minimum atomic E-state index is -4.70. The van der Waals surface area contributed by atoms with E-state index in [1.54, 1.807) is 28.7 Å². The SMILES string of the molecule is CN1c2cc3c(cc2-c2sc4ccccc4c2C1(C)C)C(c1cc(N=C=S)ccc1S(=O)(=O)O)=c1cc2c(cc1O3)=NC(C)(C)c1c-2sc2ccccc12. The zero-order valence-corrected chi connectivity index (χ0v) is 33.1. The van der Waals surface area contributed by atoms with Gasteiger partial charge in [-0.15, -0.1) is 22.7 Å². The van der Waals surface area contributed by atoms with E-state index in [1.165, 1.54) is 32.5 Å². The average molecular weight is 782 g/mol. The Kier molecular flexibility index (Phi) is 7.00. The van der Waals surface area contributed by atoms with Crippen LogP contribution in [0.5, 0.6) is 11.5 Å². The number of thiophene rings is 2. The monoisotopic (exact) mass is 781 g/mol. The first-order chi connectivity index (χ1) is 25.8. The van der Waals surface area contributed by atoms with E-state index in [0.717, 1.165) is 42.9 Å². The molecule has 0 atom stereocenters. The van der Waals surface area contributed by atoms with Crippen LogP contribution in [-0.2, 0) is 21.2 Å². The molecule has 0 amide bonds. The molecule has 0 fully saturated rings. The summed E-state index contributed by atoms with van der Waals surface area (Å²) in [7, 11) is -2.60.